The smallest absolute Gasteiger partial charge is 0.344 e. The fraction of sp³-hybridized carbons (Fsp3) is 0.250. The summed E-state index contributed by atoms with van der Waals surface area (Å²) in [7, 11) is 0. The molecule has 0 spiro atoms. The monoisotopic (exact) mass is 303 g/mol. The highest BCUT2D eigenvalue weighted by Crippen LogP contribution is 2.29. The first-order chi connectivity index (χ1) is 9.97. The number of benzene rings is 1. The van der Waals surface area contributed by atoms with Crippen molar-refractivity contribution in [1.29, 1.82) is 0 Å². The van der Waals surface area contributed by atoms with Gasteiger partial charge in [0.15, 0.2) is 0 Å². The molecule has 0 saturated carbocycles. The van der Waals surface area contributed by atoms with E-state index >= 15 is 0 Å². The number of carbonyl (C=O) groups is 1. The number of nitrogens with zero attached hydrogens (tertiary/aromatic N) is 1. The van der Waals surface area contributed by atoms with E-state index in [0.29, 0.717) is 5.71 Å². The van der Waals surface area contributed by atoms with E-state index in [0.717, 1.165) is 9.75 Å². The summed E-state index contributed by atoms with van der Waals surface area (Å²) >= 11 is 1.61. The van der Waals surface area contributed by atoms with Gasteiger partial charge >= 0.3 is 5.97 Å². The molecule has 2 rings (SSSR count). The largest absolute Gasteiger partial charge is 0.479 e. The minimum atomic E-state index is -1.03. The molecule has 0 aliphatic rings. The highest BCUT2D eigenvalue weighted by Gasteiger charge is 2.07. The van der Waals surface area contributed by atoms with Gasteiger partial charge in [0.05, 0.1) is 10.6 Å². The van der Waals surface area contributed by atoms with E-state index in [2.05, 4.69) is 37.2 Å². The summed E-state index contributed by atoms with van der Waals surface area (Å²) in [5.74, 6) is -1.03. The van der Waals surface area contributed by atoms with Crippen LogP contribution in [0.15, 0.2) is 35.5 Å². The standard InChI is InChI=1S/C16H17NO3S/c1-10-4-5-13(8-11(10)2)15-7-6-14(21-15)12(3)17-20-9-16(18)19/h4-8H,9H2,1-3H3,(H,18,19)/b17-12-. The van der Waals surface area contributed by atoms with Gasteiger partial charge in [-0.2, -0.15) is 0 Å². The molecule has 1 N–H and O–H groups in total. The summed E-state index contributed by atoms with van der Waals surface area (Å²) < 4.78 is 0. The molecule has 0 atom stereocenters. The van der Waals surface area contributed by atoms with Gasteiger partial charge in [0.2, 0.25) is 6.61 Å². The van der Waals surface area contributed by atoms with Crippen LogP contribution in [0.3, 0.4) is 0 Å². The Morgan fingerprint density at radius 1 is 1.24 bits per heavy atom. The number of aliphatic carboxylic acids is 1. The number of carboxylic acid groups (broad SMARTS) is 1. The molecule has 1 aromatic heterocycles. The van der Waals surface area contributed by atoms with E-state index in [1.54, 1.807) is 18.3 Å². The lowest BCUT2D eigenvalue weighted by atomic mass is 10.1. The molecule has 1 heterocycles. The van der Waals surface area contributed by atoms with Crippen LogP contribution >= 0.6 is 11.3 Å². The third kappa shape index (κ3) is 3.92. The Morgan fingerprint density at radius 2 is 2.00 bits per heavy atom. The van der Waals surface area contributed by atoms with Crippen LogP contribution in [0.25, 0.3) is 10.4 Å². The lowest BCUT2D eigenvalue weighted by Gasteiger charge is -2.03. The summed E-state index contributed by atoms with van der Waals surface area (Å²) in [6.07, 6.45) is 0. The van der Waals surface area contributed by atoms with Crippen LogP contribution in [0.4, 0.5) is 0 Å². The van der Waals surface area contributed by atoms with Gasteiger partial charge in [0.25, 0.3) is 0 Å². The van der Waals surface area contributed by atoms with E-state index < -0.39 is 12.6 Å². The summed E-state index contributed by atoms with van der Waals surface area (Å²) in [6.45, 7) is 5.57. The van der Waals surface area contributed by atoms with Crippen molar-refractivity contribution in [2.45, 2.75) is 20.8 Å². The van der Waals surface area contributed by atoms with E-state index in [1.807, 2.05) is 12.1 Å². The van der Waals surface area contributed by atoms with Crippen molar-refractivity contribution in [3.05, 3.63) is 46.3 Å². The fourth-order valence-electron chi connectivity index (χ4n) is 1.81. The molecule has 0 bridgehead atoms. The predicted octanol–water partition coefficient (Wildman–Crippen LogP) is 3.86. The van der Waals surface area contributed by atoms with Gasteiger partial charge in [-0.05, 0) is 49.6 Å². The number of hydrogen-bond acceptors (Lipinski definition) is 4. The number of rotatable bonds is 5. The van der Waals surface area contributed by atoms with Crippen molar-refractivity contribution >= 4 is 23.0 Å². The molecule has 0 aliphatic heterocycles. The Labute approximate surface area is 127 Å². The average Bonchev–Trinajstić information content (AvgIpc) is 2.91. The molecule has 0 aliphatic carbocycles. The molecular weight excluding hydrogens is 286 g/mol. The number of aryl methyl sites for hydroxylation is 2. The van der Waals surface area contributed by atoms with Gasteiger partial charge in [0, 0.05) is 4.88 Å². The summed E-state index contributed by atoms with van der Waals surface area (Å²) in [5, 5.41) is 12.3. The van der Waals surface area contributed by atoms with Gasteiger partial charge in [-0.25, -0.2) is 4.79 Å². The predicted molar refractivity (Wildman–Crippen MR) is 85.0 cm³/mol. The van der Waals surface area contributed by atoms with Crippen LogP contribution in [0.2, 0.25) is 0 Å². The van der Waals surface area contributed by atoms with Crippen LogP contribution in [0, 0.1) is 13.8 Å². The molecule has 1 aromatic carbocycles. The normalized spacial score (nSPS) is 11.5. The van der Waals surface area contributed by atoms with Gasteiger partial charge < -0.3 is 9.94 Å². The van der Waals surface area contributed by atoms with Crippen molar-refractivity contribution in [2.24, 2.45) is 5.16 Å². The Morgan fingerprint density at radius 3 is 2.67 bits per heavy atom. The molecule has 0 fully saturated rings. The summed E-state index contributed by atoms with van der Waals surface area (Å²) in [6, 6.07) is 10.4. The van der Waals surface area contributed by atoms with E-state index in [4.69, 9.17) is 9.94 Å². The van der Waals surface area contributed by atoms with E-state index in [9.17, 15) is 4.79 Å². The van der Waals surface area contributed by atoms with E-state index in [1.165, 1.54) is 16.7 Å². The Kier molecular flexibility index (Phi) is 4.75. The topological polar surface area (TPSA) is 58.9 Å². The minimum absolute atomic E-state index is 0.424. The van der Waals surface area contributed by atoms with Crippen molar-refractivity contribution in [1.82, 2.24) is 0 Å². The van der Waals surface area contributed by atoms with Crippen molar-refractivity contribution in [3.8, 4) is 10.4 Å². The van der Waals surface area contributed by atoms with Gasteiger partial charge in [-0.15, -0.1) is 11.3 Å². The van der Waals surface area contributed by atoms with Crippen molar-refractivity contribution in [2.75, 3.05) is 6.61 Å². The van der Waals surface area contributed by atoms with Gasteiger partial charge in [-0.1, -0.05) is 23.4 Å². The highest BCUT2D eigenvalue weighted by molar-refractivity contribution is 7.17. The zero-order chi connectivity index (χ0) is 15.4. The molecule has 0 saturated heterocycles. The zero-order valence-corrected chi connectivity index (χ0v) is 13.0. The molecule has 0 amide bonds. The lowest BCUT2D eigenvalue weighted by molar-refractivity contribution is -0.142. The van der Waals surface area contributed by atoms with Crippen LogP contribution in [0.5, 0.6) is 0 Å². The Balaban J connectivity index is 2.17. The van der Waals surface area contributed by atoms with Gasteiger partial charge in [-0.3, -0.25) is 0 Å². The number of oxime groups is 1. The number of carboxylic acids is 1. The van der Waals surface area contributed by atoms with E-state index in [-0.39, 0.29) is 0 Å². The SMILES string of the molecule is C/C(=N/OCC(=O)O)c1ccc(-c2ccc(C)c(C)c2)s1. The molecular formula is C16H17NO3S. The maximum absolute atomic E-state index is 10.4. The van der Waals surface area contributed by atoms with Crippen molar-refractivity contribution < 1.29 is 14.7 Å². The average molecular weight is 303 g/mol. The third-order valence-electron chi connectivity index (χ3n) is 3.14. The second-order valence-corrected chi connectivity index (χ2v) is 5.89. The first-order valence-corrected chi connectivity index (χ1v) is 7.35. The molecule has 21 heavy (non-hydrogen) atoms. The Bertz CT molecular complexity index is 689. The van der Waals surface area contributed by atoms with Crippen LogP contribution in [-0.4, -0.2) is 23.4 Å². The lowest BCUT2D eigenvalue weighted by Crippen LogP contribution is -2.04. The van der Waals surface area contributed by atoms with Crippen LogP contribution < -0.4 is 0 Å². The highest BCUT2D eigenvalue weighted by atomic mass is 32.1. The third-order valence-corrected chi connectivity index (χ3v) is 4.39. The van der Waals surface area contributed by atoms with Crippen LogP contribution in [0.1, 0.15) is 22.9 Å². The second kappa shape index (κ2) is 6.54. The van der Waals surface area contributed by atoms with Gasteiger partial charge in [0.1, 0.15) is 0 Å². The molecule has 5 heteroatoms. The quantitative estimate of drug-likeness (QED) is 0.674. The number of hydrogen-bond donors (Lipinski definition) is 1. The molecule has 110 valence electrons. The maximum atomic E-state index is 10.4. The molecule has 0 unspecified atom stereocenters. The molecule has 2 aromatic rings. The zero-order valence-electron chi connectivity index (χ0n) is 12.2. The van der Waals surface area contributed by atoms with Crippen molar-refractivity contribution in [3.63, 3.8) is 0 Å². The summed E-state index contributed by atoms with van der Waals surface area (Å²) in [5.41, 5.74) is 4.39. The molecule has 0 radical (unpaired) electrons. The number of thiophene rings is 1. The first kappa shape index (κ1) is 15.3. The second-order valence-electron chi connectivity index (χ2n) is 4.81. The first-order valence-electron chi connectivity index (χ1n) is 6.53. The summed E-state index contributed by atoms with van der Waals surface area (Å²) in [4.78, 5) is 17.3. The minimum Gasteiger partial charge on any atom is -0.479 e. The fourth-order valence-corrected chi connectivity index (χ4v) is 2.75. The molecule has 4 nitrogen and oxygen atoms in total. The Hall–Kier alpha value is -2.14. The maximum Gasteiger partial charge on any atom is 0.344 e. The van der Waals surface area contributed by atoms with Crippen LogP contribution in [-0.2, 0) is 9.63 Å².